The van der Waals surface area contributed by atoms with Crippen LogP contribution in [0.3, 0.4) is 0 Å². The highest BCUT2D eigenvalue weighted by atomic mass is 16.1. The molecule has 1 aromatic carbocycles. The summed E-state index contributed by atoms with van der Waals surface area (Å²) in [5.74, 6) is -0.520. The molecular weight excluding hydrogens is 162 g/mol. The molecule has 66 valence electrons. The van der Waals surface area contributed by atoms with Crippen molar-refractivity contribution in [2.75, 3.05) is 0 Å². The van der Waals surface area contributed by atoms with Crippen LogP contribution in [0.4, 0.5) is 0 Å². The molecule has 0 N–H and O–H groups in total. The Kier molecular flexibility index (Phi) is 3.22. The fourth-order valence-electron chi connectivity index (χ4n) is 1.02. The van der Waals surface area contributed by atoms with Gasteiger partial charge in [0.2, 0.25) is 0 Å². The van der Waals surface area contributed by atoms with Gasteiger partial charge in [-0.15, -0.1) is 0 Å². The van der Waals surface area contributed by atoms with E-state index in [1.165, 1.54) is 0 Å². The zero-order chi connectivity index (χ0) is 9.68. The van der Waals surface area contributed by atoms with Crippen LogP contribution in [0.2, 0.25) is 0 Å². The Morgan fingerprint density at radius 3 is 2.62 bits per heavy atom. The zero-order valence-corrected chi connectivity index (χ0v) is 7.53. The monoisotopic (exact) mass is 173 g/mol. The van der Waals surface area contributed by atoms with Gasteiger partial charge in [0.05, 0.1) is 6.07 Å². The minimum Gasteiger partial charge on any atom is -0.298 e. The van der Waals surface area contributed by atoms with Crippen molar-refractivity contribution in [3.63, 3.8) is 0 Å². The summed E-state index contributed by atoms with van der Waals surface area (Å²) in [5, 5.41) is 8.51. The molecule has 2 nitrogen and oxygen atoms in total. The summed E-state index contributed by atoms with van der Waals surface area (Å²) >= 11 is 0. The highest BCUT2D eigenvalue weighted by Crippen LogP contribution is 2.04. The lowest BCUT2D eigenvalue weighted by molar-refractivity contribution is -0.120. The molecular formula is C11H11NO. The van der Waals surface area contributed by atoms with Crippen molar-refractivity contribution < 1.29 is 4.79 Å². The normalized spacial score (nSPS) is 11.7. The van der Waals surface area contributed by atoms with E-state index in [0.717, 1.165) is 5.56 Å². The fourth-order valence-corrected chi connectivity index (χ4v) is 1.02. The number of ketones is 1. The Bertz CT molecular complexity index is 324. The molecule has 0 spiro atoms. The molecule has 0 amide bonds. The Morgan fingerprint density at radius 1 is 1.46 bits per heavy atom. The summed E-state index contributed by atoms with van der Waals surface area (Å²) in [5.41, 5.74) is 0.967. The van der Waals surface area contributed by atoms with Gasteiger partial charge in [-0.05, 0) is 12.5 Å². The van der Waals surface area contributed by atoms with Crippen molar-refractivity contribution in [1.82, 2.24) is 0 Å². The number of nitrogens with zero attached hydrogens (tertiary/aromatic N) is 1. The average Bonchev–Trinajstić information content (AvgIpc) is 2.18. The van der Waals surface area contributed by atoms with Crippen molar-refractivity contribution in [2.45, 2.75) is 13.3 Å². The van der Waals surface area contributed by atoms with Crippen LogP contribution in [-0.4, -0.2) is 5.78 Å². The van der Waals surface area contributed by atoms with E-state index >= 15 is 0 Å². The maximum atomic E-state index is 11.3. The molecule has 0 saturated heterocycles. The summed E-state index contributed by atoms with van der Waals surface area (Å²) in [7, 11) is 0. The Hall–Kier alpha value is -1.62. The number of carbonyl (C=O) groups is 1. The largest absolute Gasteiger partial charge is 0.298 e. The minimum absolute atomic E-state index is 0.0197. The van der Waals surface area contributed by atoms with E-state index in [0.29, 0.717) is 6.42 Å². The van der Waals surface area contributed by atoms with E-state index in [1.807, 2.05) is 36.4 Å². The van der Waals surface area contributed by atoms with Crippen LogP contribution in [0.5, 0.6) is 0 Å². The smallest absolute Gasteiger partial charge is 0.154 e. The van der Waals surface area contributed by atoms with Crippen LogP contribution >= 0.6 is 0 Å². The maximum Gasteiger partial charge on any atom is 0.154 e. The standard InChI is InChI=1S/C11H11NO/c1-9(8-12)11(13)7-10-5-3-2-4-6-10/h2-6,9H,7H2,1H3. The number of hydrogen-bond donors (Lipinski definition) is 0. The number of rotatable bonds is 3. The first-order valence-electron chi connectivity index (χ1n) is 4.20. The van der Waals surface area contributed by atoms with Crippen LogP contribution < -0.4 is 0 Å². The van der Waals surface area contributed by atoms with Gasteiger partial charge in [0.1, 0.15) is 5.92 Å². The first kappa shape index (κ1) is 9.47. The van der Waals surface area contributed by atoms with Crippen LogP contribution in [-0.2, 0) is 11.2 Å². The lowest BCUT2D eigenvalue weighted by atomic mass is 10.0. The third kappa shape index (κ3) is 2.72. The topological polar surface area (TPSA) is 40.9 Å². The highest BCUT2D eigenvalue weighted by molar-refractivity contribution is 5.84. The van der Waals surface area contributed by atoms with Crippen LogP contribution in [0.25, 0.3) is 0 Å². The molecule has 13 heavy (non-hydrogen) atoms. The fraction of sp³-hybridized carbons (Fsp3) is 0.273. The number of benzene rings is 1. The van der Waals surface area contributed by atoms with Crippen molar-refractivity contribution in [3.8, 4) is 6.07 Å². The molecule has 0 aliphatic heterocycles. The van der Waals surface area contributed by atoms with Gasteiger partial charge in [-0.25, -0.2) is 0 Å². The lowest BCUT2D eigenvalue weighted by Crippen LogP contribution is -2.11. The number of nitriles is 1. The van der Waals surface area contributed by atoms with Crippen LogP contribution in [0, 0.1) is 17.2 Å². The number of carbonyl (C=O) groups excluding carboxylic acids is 1. The lowest BCUT2D eigenvalue weighted by Gasteiger charge is -2.01. The molecule has 1 rings (SSSR count). The molecule has 1 atom stereocenters. The minimum atomic E-state index is -0.500. The van der Waals surface area contributed by atoms with Gasteiger partial charge in [-0.3, -0.25) is 4.79 Å². The Labute approximate surface area is 77.8 Å². The molecule has 0 aliphatic carbocycles. The summed E-state index contributed by atoms with van der Waals surface area (Å²) in [4.78, 5) is 11.3. The molecule has 0 heterocycles. The van der Waals surface area contributed by atoms with Gasteiger partial charge < -0.3 is 0 Å². The first-order chi connectivity index (χ1) is 6.24. The van der Waals surface area contributed by atoms with E-state index in [-0.39, 0.29) is 5.78 Å². The van der Waals surface area contributed by atoms with Gasteiger partial charge in [-0.2, -0.15) is 5.26 Å². The SMILES string of the molecule is CC(C#N)C(=O)Cc1ccccc1. The van der Waals surface area contributed by atoms with E-state index in [1.54, 1.807) is 6.92 Å². The molecule has 1 aromatic rings. The van der Waals surface area contributed by atoms with Crippen LogP contribution in [0.1, 0.15) is 12.5 Å². The van der Waals surface area contributed by atoms with Crippen molar-refractivity contribution >= 4 is 5.78 Å². The number of Topliss-reactive ketones (excluding diaryl/α,β-unsaturated/α-hetero) is 1. The van der Waals surface area contributed by atoms with Gasteiger partial charge in [0, 0.05) is 6.42 Å². The molecule has 0 bridgehead atoms. The molecule has 2 heteroatoms. The Morgan fingerprint density at radius 2 is 2.08 bits per heavy atom. The quantitative estimate of drug-likeness (QED) is 0.701. The number of hydrogen-bond acceptors (Lipinski definition) is 2. The average molecular weight is 173 g/mol. The summed E-state index contributed by atoms with van der Waals surface area (Å²) < 4.78 is 0. The molecule has 1 unspecified atom stereocenters. The first-order valence-corrected chi connectivity index (χ1v) is 4.20. The van der Waals surface area contributed by atoms with Gasteiger partial charge in [-0.1, -0.05) is 30.3 Å². The highest BCUT2D eigenvalue weighted by Gasteiger charge is 2.11. The zero-order valence-electron chi connectivity index (χ0n) is 7.53. The van der Waals surface area contributed by atoms with Crippen molar-refractivity contribution in [3.05, 3.63) is 35.9 Å². The third-order valence-corrected chi connectivity index (χ3v) is 1.90. The summed E-state index contributed by atoms with van der Waals surface area (Å²) in [6.07, 6.45) is 0.357. The van der Waals surface area contributed by atoms with E-state index < -0.39 is 5.92 Å². The molecule has 0 saturated carbocycles. The van der Waals surface area contributed by atoms with E-state index in [2.05, 4.69) is 0 Å². The second-order valence-corrected chi connectivity index (χ2v) is 2.98. The predicted molar refractivity (Wildman–Crippen MR) is 49.9 cm³/mol. The predicted octanol–water partition coefficient (Wildman–Crippen LogP) is 1.96. The molecule has 0 radical (unpaired) electrons. The van der Waals surface area contributed by atoms with Crippen molar-refractivity contribution in [1.29, 1.82) is 5.26 Å². The molecule has 0 aromatic heterocycles. The Balaban J connectivity index is 2.62. The molecule has 0 fully saturated rings. The van der Waals surface area contributed by atoms with Gasteiger partial charge >= 0.3 is 0 Å². The molecule has 0 aliphatic rings. The van der Waals surface area contributed by atoms with Crippen molar-refractivity contribution in [2.24, 2.45) is 5.92 Å². The summed E-state index contributed by atoms with van der Waals surface area (Å²) in [6, 6.07) is 11.4. The second kappa shape index (κ2) is 4.42. The van der Waals surface area contributed by atoms with Crippen LogP contribution in [0.15, 0.2) is 30.3 Å². The van der Waals surface area contributed by atoms with E-state index in [4.69, 9.17) is 5.26 Å². The van der Waals surface area contributed by atoms with Gasteiger partial charge in [0.25, 0.3) is 0 Å². The van der Waals surface area contributed by atoms with Gasteiger partial charge in [0.15, 0.2) is 5.78 Å². The summed E-state index contributed by atoms with van der Waals surface area (Å²) in [6.45, 7) is 1.63. The third-order valence-electron chi connectivity index (χ3n) is 1.90. The maximum absolute atomic E-state index is 11.3. The second-order valence-electron chi connectivity index (χ2n) is 2.98. The van der Waals surface area contributed by atoms with E-state index in [9.17, 15) is 4.79 Å².